The Balaban J connectivity index is 2.37. The predicted molar refractivity (Wildman–Crippen MR) is 67.3 cm³/mol. The van der Waals surface area contributed by atoms with Crippen LogP contribution in [0.4, 0.5) is 4.39 Å². The van der Waals surface area contributed by atoms with Gasteiger partial charge in [0, 0.05) is 25.7 Å². The maximum Gasteiger partial charge on any atom is 0.243 e. The van der Waals surface area contributed by atoms with Gasteiger partial charge in [0.25, 0.3) is 0 Å². The molecule has 0 aliphatic carbocycles. The summed E-state index contributed by atoms with van der Waals surface area (Å²) in [6, 6.07) is 5.00. The first-order valence-electron chi connectivity index (χ1n) is 5.88. The fraction of sp³-hybridized carbons (Fsp3) is 0.417. The first-order valence-corrected chi connectivity index (χ1v) is 7.32. The Bertz CT molecular complexity index is 624. The number of sulfonamides is 1. The summed E-state index contributed by atoms with van der Waals surface area (Å²) in [5, 5.41) is 11.9. The van der Waals surface area contributed by atoms with Crippen LogP contribution in [0, 0.1) is 17.1 Å². The molecule has 102 valence electrons. The maximum atomic E-state index is 13.2. The molecule has 0 aromatic heterocycles. The van der Waals surface area contributed by atoms with Crippen molar-refractivity contribution in [3.05, 3.63) is 29.6 Å². The summed E-state index contributed by atoms with van der Waals surface area (Å²) in [6.07, 6.45) is 0. The highest BCUT2D eigenvalue weighted by atomic mass is 32.2. The van der Waals surface area contributed by atoms with Gasteiger partial charge in [0.1, 0.15) is 11.9 Å². The molecule has 1 saturated heterocycles. The lowest BCUT2D eigenvalue weighted by molar-refractivity contribution is 0.310. The Hall–Kier alpha value is -1.49. The molecule has 1 atom stereocenters. The number of halogens is 1. The maximum absolute atomic E-state index is 13.2. The molecule has 1 aliphatic rings. The van der Waals surface area contributed by atoms with E-state index in [0.717, 1.165) is 12.1 Å². The molecule has 1 heterocycles. The number of nitriles is 1. The van der Waals surface area contributed by atoms with Crippen molar-refractivity contribution in [2.45, 2.75) is 17.9 Å². The van der Waals surface area contributed by atoms with E-state index in [2.05, 4.69) is 5.32 Å². The van der Waals surface area contributed by atoms with E-state index >= 15 is 0 Å². The quantitative estimate of drug-likeness (QED) is 0.866. The molecule has 1 fully saturated rings. The Labute approximate surface area is 111 Å². The van der Waals surface area contributed by atoms with Crippen molar-refractivity contribution >= 4 is 10.0 Å². The Morgan fingerprint density at radius 1 is 1.53 bits per heavy atom. The van der Waals surface area contributed by atoms with Gasteiger partial charge in [-0.15, -0.1) is 0 Å². The summed E-state index contributed by atoms with van der Waals surface area (Å²) in [6.45, 7) is 3.20. The zero-order valence-corrected chi connectivity index (χ0v) is 11.2. The number of piperazine rings is 1. The van der Waals surface area contributed by atoms with E-state index in [9.17, 15) is 12.8 Å². The number of rotatable bonds is 2. The molecular weight excluding hydrogens is 269 g/mol. The van der Waals surface area contributed by atoms with Crippen molar-refractivity contribution in [2.24, 2.45) is 0 Å². The van der Waals surface area contributed by atoms with Crippen molar-refractivity contribution < 1.29 is 12.8 Å². The third-order valence-electron chi connectivity index (χ3n) is 3.03. The molecular formula is C12H14FN3O2S. The highest BCUT2D eigenvalue weighted by molar-refractivity contribution is 7.89. The minimum absolute atomic E-state index is 0.0421. The second-order valence-electron chi connectivity index (χ2n) is 4.47. The lowest BCUT2D eigenvalue weighted by atomic mass is 10.2. The molecule has 1 aromatic rings. The number of benzene rings is 1. The van der Waals surface area contributed by atoms with E-state index in [1.807, 2.05) is 6.92 Å². The van der Waals surface area contributed by atoms with E-state index in [1.165, 1.54) is 10.4 Å². The minimum Gasteiger partial charge on any atom is -0.312 e. The van der Waals surface area contributed by atoms with E-state index in [4.69, 9.17) is 5.26 Å². The van der Waals surface area contributed by atoms with Crippen LogP contribution in [0.25, 0.3) is 0 Å². The van der Waals surface area contributed by atoms with Gasteiger partial charge in [-0.2, -0.15) is 9.57 Å². The second-order valence-corrected chi connectivity index (χ2v) is 6.41. The normalized spacial score (nSPS) is 21.0. The van der Waals surface area contributed by atoms with Gasteiger partial charge in [0.2, 0.25) is 10.0 Å². The molecule has 0 amide bonds. The topological polar surface area (TPSA) is 73.2 Å². The first-order chi connectivity index (χ1) is 8.95. The van der Waals surface area contributed by atoms with Crippen molar-refractivity contribution in [2.75, 3.05) is 19.6 Å². The van der Waals surface area contributed by atoms with Crippen LogP contribution in [0.2, 0.25) is 0 Å². The fourth-order valence-electron chi connectivity index (χ4n) is 2.01. The Morgan fingerprint density at radius 3 is 2.89 bits per heavy atom. The molecule has 19 heavy (non-hydrogen) atoms. The second kappa shape index (κ2) is 5.25. The molecule has 1 aliphatic heterocycles. The zero-order chi connectivity index (χ0) is 14.0. The first kappa shape index (κ1) is 13.9. The van der Waals surface area contributed by atoms with E-state index in [-0.39, 0.29) is 16.5 Å². The average molecular weight is 283 g/mol. The van der Waals surface area contributed by atoms with Crippen LogP contribution in [0.1, 0.15) is 12.5 Å². The largest absolute Gasteiger partial charge is 0.312 e. The van der Waals surface area contributed by atoms with Gasteiger partial charge in [-0.05, 0) is 25.1 Å². The van der Waals surface area contributed by atoms with Gasteiger partial charge < -0.3 is 5.32 Å². The van der Waals surface area contributed by atoms with Gasteiger partial charge in [-0.1, -0.05) is 0 Å². The van der Waals surface area contributed by atoms with Crippen molar-refractivity contribution in [1.29, 1.82) is 5.26 Å². The lowest BCUT2D eigenvalue weighted by Crippen LogP contribution is -2.51. The van der Waals surface area contributed by atoms with Gasteiger partial charge >= 0.3 is 0 Å². The summed E-state index contributed by atoms with van der Waals surface area (Å²) < 4.78 is 39.3. The summed E-state index contributed by atoms with van der Waals surface area (Å²) in [4.78, 5) is -0.0421. The SMILES string of the molecule is C[C@@H]1CN(S(=O)(=O)c2ccc(F)c(C#N)c2)CCN1. The van der Waals surface area contributed by atoms with Crippen LogP contribution in [0.15, 0.2) is 23.1 Å². The van der Waals surface area contributed by atoms with E-state index in [1.54, 1.807) is 6.07 Å². The monoisotopic (exact) mass is 283 g/mol. The van der Waals surface area contributed by atoms with E-state index < -0.39 is 15.8 Å². The highest BCUT2D eigenvalue weighted by Crippen LogP contribution is 2.19. The highest BCUT2D eigenvalue weighted by Gasteiger charge is 2.28. The molecule has 0 bridgehead atoms. The summed E-state index contributed by atoms with van der Waals surface area (Å²) >= 11 is 0. The Kier molecular flexibility index (Phi) is 3.85. The van der Waals surface area contributed by atoms with E-state index in [0.29, 0.717) is 19.6 Å². The van der Waals surface area contributed by atoms with Crippen LogP contribution in [-0.2, 0) is 10.0 Å². The predicted octanol–water partition coefficient (Wildman–Crippen LogP) is 0.680. The summed E-state index contributed by atoms with van der Waals surface area (Å²) in [7, 11) is -3.67. The van der Waals surface area contributed by atoms with Crippen LogP contribution >= 0.6 is 0 Å². The van der Waals surface area contributed by atoms with Crippen molar-refractivity contribution in [3.8, 4) is 6.07 Å². The third kappa shape index (κ3) is 2.76. The molecule has 0 radical (unpaired) electrons. The molecule has 0 spiro atoms. The Morgan fingerprint density at radius 2 is 2.26 bits per heavy atom. The molecule has 0 saturated carbocycles. The molecule has 7 heteroatoms. The zero-order valence-electron chi connectivity index (χ0n) is 10.4. The molecule has 2 rings (SSSR count). The van der Waals surface area contributed by atoms with Crippen LogP contribution < -0.4 is 5.32 Å². The standard InChI is InChI=1S/C12H14FN3O2S/c1-9-8-16(5-4-15-9)19(17,18)11-2-3-12(13)10(6-11)7-14/h2-3,6,9,15H,4-5,8H2,1H3/t9-/m1/s1. The number of hydrogen-bond donors (Lipinski definition) is 1. The lowest BCUT2D eigenvalue weighted by Gasteiger charge is -2.31. The van der Waals surface area contributed by atoms with Gasteiger partial charge in [-0.25, -0.2) is 12.8 Å². The molecule has 0 unspecified atom stereocenters. The van der Waals surface area contributed by atoms with Crippen LogP contribution in [0.5, 0.6) is 0 Å². The molecule has 5 nitrogen and oxygen atoms in total. The van der Waals surface area contributed by atoms with Crippen LogP contribution in [-0.4, -0.2) is 38.4 Å². The number of hydrogen-bond acceptors (Lipinski definition) is 4. The molecule has 1 N–H and O–H groups in total. The summed E-state index contributed by atoms with van der Waals surface area (Å²) in [5.41, 5.74) is -0.260. The number of nitrogens with zero attached hydrogens (tertiary/aromatic N) is 2. The van der Waals surface area contributed by atoms with Gasteiger partial charge in [0.15, 0.2) is 0 Å². The minimum atomic E-state index is -3.67. The van der Waals surface area contributed by atoms with Gasteiger partial charge in [0.05, 0.1) is 10.5 Å². The van der Waals surface area contributed by atoms with Gasteiger partial charge in [-0.3, -0.25) is 0 Å². The summed E-state index contributed by atoms with van der Waals surface area (Å²) in [5.74, 6) is -0.713. The number of nitrogens with one attached hydrogen (secondary N) is 1. The van der Waals surface area contributed by atoms with Crippen LogP contribution in [0.3, 0.4) is 0 Å². The van der Waals surface area contributed by atoms with Crippen molar-refractivity contribution in [1.82, 2.24) is 9.62 Å². The average Bonchev–Trinajstić information content (AvgIpc) is 2.39. The fourth-order valence-corrected chi connectivity index (χ4v) is 3.57. The third-order valence-corrected chi connectivity index (χ3v) is 4.89. The smallest absolute Gasteiger partial charge is 0.243 e. The molecule has 1 aromatic carbocycles. The van der Waals surface area contributed by atoms with Crippen molar-refractivity contribution in [3.63, 3.8) is 0 Å².